The SMILES string of the molecule is NCc1cc(Cl)ccc1NC1CCCC1. The largest absolute Gasteiger partial charge is 0.382 e. The van der Waals surface area contributed by atoms with Gasteiger partial charge < -0.3 is 11.1 Å². The lowest BCUT2D eigenvalue weighted by Crippen LogP contribution is -2.16. The van der Waals surface area contributed by atoms with Gasteiger partial charge in [0, 0.05) is 23.3 Å². The van der Waals surface area contributed by atoms with E-state index >= 15 is 0 Å². The Labute approximate surface area is 95.8 Å². The molecule has 82 valence electrons. The van der Waals surface area contributed by atoms with Crippen molar-refractivity contribution < 1.29 is 0 Å². The Balaban J connectivity index is 2.12. The molecule has 3 N–H and O–H groups in total. The number of rotatable bonds is 3. The molecule has 0 heterocycles. The Bertz CT molecular complexity index is 332. The second-order valence-corrected chi connectivity index (χ2v) is 4.57. The van der Waals surface area contributed by atoms with E-state index in [1.54, 1.807) is 0 Å². The van der Waals surface area contributed by atoms with Crippen molar-refractivity contribution in [2.24, 2.45) is 5.73 Å². The van der Waals surface area contributed by atoms with Crippen molar-refractivity contribution in [3.05, 3.63) is 28.8 Å². The minimum atomic E-state index is 0.537. The van der Waals surface area contributed by atoms with Gasteiger partial charge in [-0.1, -0.05) is 24.4 Å². The van der Waals surface area contributed by atoms with Crippen LogP contribution in [0.2, 0.25) is 5.02 Å². The van der Waals surface area contributed by atoms with Crippen LogP contribution in [0.4, 0.5) is 5.69 Å². The van der Waals surface area contributed by atoms with E-state index in [0.717, 1.165) is 16.3 Å². The summed E-state index contributed by atoms with van der Waals surface area (Å²) < 4.78 is 0. The van der Waals surface area contributed by atoms with Gasteiger partial charge in [0.15, 0.2) is 0 Å². The zero-order valence-electron chi connectivity index (χ0n) is 8.80. The Morgan fingerprint density at radius 3 is 2.73 bits per heavy atom. The van der Waals surface area contributed by atoms with Crippen LogP contribution in [0.5, 0.6) is 0 Å². The molecular weight excluding hydrogens is 208 g/mol. The van der Waals surface area contributed by atoms with E-state index in [-0.39, 0.29) is 0 Å². The summed E-state index contributed by atoms with van der Waals surface area (Å²) in [7, 11) is 0. The lowest BCUT2D eigenvalue weighted by atomic mass is 10.1. The summed E-state index contributed by atoms with van der Waals surface area (Å²) in [4.78, 5) is 0. The Hall–Kier alpha value is -0.730. The van der Waals surface area contributed by atoms with Crippen molar-refractivity contribution in [2.75, 3.05) is 5.32 Å². The number of nitrogens with two attached hydrogens (primary N) is 1. The molecule has 1 aliphatic rings. The first kappa shape index (κ1) is 10.8. The molecule has 1 aromatic rings. The van der Waals surface area contributed by atoms with E-state index < -0.39 is 0 Å². The van der Waals surface area contributed by atoms with E-state index in [1.165, 1.54) is 25.7 Å². The van der Waals surface area contributed by atoms with Crippen molar-refractivity contribution in [1.29, 1.82) is 0 Å². The van der Waals surface area contributed by atoms with Gasteiger partial charge in [-0.25, -0.2) is 0 Å². The standard InChI is InChI=1S/C12H17ClN2/c13-10-5-6-12(9(7-10)8-14)15-11-3-1-2-4-11/h5-7,11,15H,1-4,8,14H2. The van der Waals surface area contributed by atoms with Gasteiger partial charge in [-0.05, 0) is 36.6 Å². The molecule has 0 bridgehead atoms. The van der Waals surface area contributed by atoms with E-state index in [9.17, 15) is 0 Å². The molecule has 0 spiro atoms. The average molecular weight is 225 g/mol. The zero-order chi connectivity index (χ0) is 10.7. The average Bonchev–Trinajstić information content (AvgIpc) is 2.73. The molecule has 3 heteroatoms. The van der Waals surface area contributed by atoms with Gasteiger partial charge in [0.05, 0.1) is 0 Å². The number of hydrogen-bond donors (Lipinski definition) is 2. The first-order chi connectivity index (χ1) is 7.29. The van der Waals surface area contributed by atoms with Crippen LogP contribution in [0, 0.1) is 0 Å². The number of benzene rings is 1. The Morgan fingerprint density at radius 1 is 1.33 bits per heavy atom. The highest BCUT2D eigenvalue weighted by molar-refractivity contribution is 6.30. The van der Waals surface area contributed by atoms with Crippen molar-refractivity contribution >= 4 is 17.3 Å². The molecule has 0 saturated heterocycles. The van der Waals surface area contributed by atoms with Crippen LogP contribution in [0.15, 0.2) is 18.2 Å². The van der Waals surface area contributed by atoms with Gasteiger partial charge in [0.25, 0.3) is 0 Å². The summed E-state index contributed by atoms with van der Waals surface area (Å²) in [6.45, 7) is 0.537. The molecule has 1 aliphatic carbocycles. The first-order valence-corrected chi connectivity index (χ1v) is 5.92. The predicted octanol–water partition coefficient (Wildman–Crippen LogP) is 3.15. The molecule has 1 saturated carbocycles. The minimum Gasteiger partial charge on any atom is -0.382 e. The molecule has 2 rings (SSSR count). The molecule has 0 radical (unpaired) electrons. The monoisotopic (exact) mass is 224 g/mol. The molecule has 2 nitrogen and oxygen atoms in total. The normalized spacial score (nSPS) is 16.9. The molecule has 15 heavy (non-hydrogen) atoms. The molecule has 0 aliphatic heterocycles. The third-order valence-corrected chi connectivity index (χ3v) is 3.24. The van der Waals surface area contributed by atoms with Gasteiger partial charge in [-0.2, -0.15) is 0 Å². The Kier molecular flexibility index (Phi) is 3.49. The smallest absolute Gasteiger partial charge is 0.0410 e. The van der Waals surface area contributed by atoms with Gasteiger partial charge >= 0.3 is 0 Å². The quantitative estimate of drug-likeness (QED) is 0.828. The third-order valence-electron chi connectivity index (χ3n) is 3.00. The summed E-state index contributed by atoms with van der Waals surface area (Å²) in [5.74, 6) is 0. The minimum absolute atomic E-state index is 0.537. The summed E-state index contributed by atoms with van der Waals surface area (Å²) in [6.07, 6.45) is 5.21. The van der Waals surface area contributed by atoms with Crippen LogP contribution in [0.3, 0.4) is 0 Å². The zero-order valence-corrected chi connectivity index (χ0v) is 9.56. The topological polar surface area (TPSA) is 38.0 Å². The fourth-order valence-corrected chi connectivity index (χ4v) is 2.36. The van der Waals surface area contributed by atoms with Crippen molar-refractivity contribution in [3.8, 4) is 0 Å². The van der Waals surface area contributed by atoms with Crippen LogP contribution in [-0.2, 0) is 6.54 Å². The van der Waals surface area contributed by atoms with E-state index in [0.29, 0.717) is 12.6 Å². The van der Waals surface area contributed by atoms with Crippen molar-refractivity contribution in [3.63, 3.8) is 0 Å². The van der Waals surface area contributed by atoms with Crippen LogP contribution in [0.1, 0.15) is 31.2 Å². The summed E-state index contributed by atoms with van der Waals surface area (Å²) in [5, 5.41) is 4.31. The van der Waals surface area contributed by atoms with Crippen LogP contribution in [0.25, 0.3) is 0 Å². The van der Waals surface area contributed by atoms with Crippen LogP contribution in [-0.4, -0.2) is 6.04 Å². The highest BCUT2D eigenvalue weighted by Gasteiger charge is 2.15. The van der Waals surface area contributed by atoms with Crippen molar-refractivity contribution in [2.45, 2.75) is 38.3 Å². The second-order valence-electron chi connectivity index (χ2n) is 4.13. The van der Waals surface area contributed by atoms with Crippen LogP contribution < -0.4 is 11.1 Å². The second kappa shape index (κ2) is 4.86. The fourth-order valence-electron chi connectivity index (χ4n) is 2.16. The number of nitrogens with one attached hydrogen (secondary N) is 1. The van der Waals surface area contributed by atoms with E-state index in [1.807, 2.05) is 18.2 Å². The van der Waals surface area contributed by atoms with Gasteiger partial charge in [0.2, 0.25) is 0 Å². The molecule has 0 unspecified atom stereocenters. The maximum atomic E-state index is 5.93. The molecule has 0 atom stereocenters. The number of hydrogen-bond acceptors (Lipinski definition) is 2. The lowest BCUT2D eigenvalue weighted by molar-refractivity contribution is 0.753. The van der Waals surface area contributed by atoms with Crippen LogP contribution >= 0.6 is 11.6 Å². The Morgan fingerprint density at radius 2 is 2.07 bits per heavy atom. The van der Waals surface area contributed by atoms with Gasteiger partial charge in [-0.15, -0.1) is 0 Å². The number of halogens is 1. The summed E-state index contributed by atoms with van der Waals surface area (Å²) in [6, 6.07) is 6.51. The maximum Gasteiger partial charge on any atom is 0.0410 e. The number of anilines is 1. The van der Waals surface area contributed by atoms with Crippen molar-refractivity contribution in [1.82, 2.24) is 0 Å². The third kappa shape index (κ3) is 2.64. The summed E-state index contributed by atoms with van der Waals surface area (Å²) in [5.41, 5.74) is 7.95. The summed E-state index contributed by atoms with van der Waals surface area (Å²) >= 11 is 5.93. The maximum absolute atomic E-state index is 5.93. The highest BCUT2D eigenvalue weighted by atomic mass is 35.5. The molecule has 0 amide bonds. The van der Waals surface area contributed by atoms with E-state index in [2.05, 4.69) is 5.32 Å². The molecule has 1 aromatic carbocycles. The fraction of sp³-hybridized carbons (Fsp3) is 0.500. The molecule has 1 fully saturated rings. The van der Waals surface area contributed by atoms with Gasteiger partial charge in [-0.3, -0.25) is 0 Å². The first-order valence-electron chi connectivity index (χ1n) is 5.54. The predicted molar refractivity (Wildman–Crippen MR) is 65.2 cm³/mol. The van der Waals surface area contributed by atoms with Gasteiger partial charge in [0.1, 0.15) is 0 Å². The lowest BCUT2D eigenvalue weighted by Gasteiger charge is -2.16. The molecular formula is C12H17ClN2. The highest BCUT2D eigenvalue weighted by Crippen LogP contribution is 2.26. The molecule has 0 aromatic heterocycles. The van der Waals surface area contributed by atoms with E-state index in [4.69, 9.17) is 17.3 Å².